The molecular weight excluding hydrogens is 280 g/mol. The minimum Gasteiger partial charge on any atom is -0.310 e. The summed E-state index contributed by atoms with van der Waals surface area (Å²) in [6.07, 6.45) is 3.57. The van der Waals surface area contributed by atoms with E-state index in [0.29, 0.717) is 19.1 Å². The average molecular weight is 300 g/mol. The van der Waals surface area contributed by atoms with E-state index in [0.717, 1.165) is 32.2 Å². The van der Waals surface area contributed by atoms with Crippen molar-refractivity contribution in [3.8, 4) is 0 Å². The van der Waals surface area contributed by atoms with Crippen LogP contribution in [0.2, 0.25) is 0 Å². The van der Waals surface area contributed by atoms with E-state index in [4.69, 9.17) is 0 Å². The van der Waals surface area contributed by atoms with E-state index in [2.05, 4.69) is 22.1 Å². The fourth-order valence-electron chi connectivity index (χ4n) is 2.55. The summed E-state index contributed by atoms with van der Waals surface area (Å²) in [5.41, 5.74) is 1.32. The monoisotopic (exact) mass is 300 g/mol. The fourth-order valence-corrected chi connectivity index (χ4v) is 5.09. The van der Waals surface area contributed by atoms with Crippen LogP contribution in [0.1, 0.15) is 31.2 Å². The summed E-state index contributed by atoms with van der Waals surface area (Å²) in [4.78, 5) is 0. The van der Waals surface area contributed by atoms with E-state index in [-0.39, 0.29) is 5.25 Å². The smallest absolute Gasteiger partial charge is 0.216 e. The van der Waals surface area contributed by atoms with Crippen molar-refractivity contribution in [2.75, 3.05) is 13.1 Å². The lowest BCUT2D eigenvalue weighted by Gasteiger charge is -2.31. The van der Waals surface area contributed by atoms with E-state index in [1.54, 1.807) is 15.6 Å². The first-order valence-electron chi connectivity index (χ1n) is 6.89. The maximum absolute atomic E-state index is 12.1. The molecule has 1 aromatic heterocycles. The Hall–Kier alpha value is -0.430. The third kappa shape index (κ3) is 3.18. The van der Waals surface area contributed by atoms with Crippen LogP contribution in [0.5, 0.6) is 0 Å². The third-order valence-electron chi connectivity index (χ3n) is 3.93. The van der Waals surface area contributed by atoms with E-state index >= 15 is 0 Å². The van der Waals surface area contributed by atoms with Gasteiger partial charge in [-0.2, -0.15) is 11.3 Å². The molecule has 3 rings (SSSR count). The molecule has 1 saturated heterocycles. The summed E-state index contributed by atoms with van der Waals surface area (Å²) in [6.45, 7) is 2.25. The quantitative estimate of drug-likeness (QED) is 0.902. The Labute approximate surface area is 118 Å². The van der Waals surface area contributed by atoms with Crippen molar-refractivity contribution in [2.45, 2.75) is 43.5 Å². The Morgan fingerprint density at radius 2 is 2.00 bits per heavy atom. The molecule has 1 aromatic rings. The zero-order valence-electron chi connectivity index (χ0n) is 10.9. The Morgan fingerprint density at radius 1 is 1.26 bits per heavy atom. The summed E-state index contributed by atoms with van der Waals surface area (Å²) < 4.78 is 25.9. The first kappa shape index (κ1) is 13.5. The zero-order chi connectivity index (χ0) is 13.3. The van der Waals surface area contributed by atoms with Crippen LogP contribution in [0.3, 0.4) is 0 Å². The fraction of sp³-hybridized carbons (Fsp3) is 0.692. The molecule has 6 heteroatoms. The molecule has 19 heavy (non-hydrogen) atoms. The number of rotatable bonds is 5. The maximum atomic E-state index is 12.1. The molecule has 2 heterocycles. The zero-order valence-corrected chi connectivity index (χ0v) is 12.5. The van der Waals surface area contributed by atoms with Gasteiger partial charge in [0.1, 0.15) is 0 Å². The van der Waals surface area contributed by atoms with Crippen LogP contribution in [0.25, 0.3) is 0 Å². The highest BCUT2D eigenvalue weighted by Crippen LogP contribution is 2.32. The molecule has 0 unspecified atom stereocenters. The Morgan fingerprint density at radius 3 is 2.58 bits per heavy atom. The van der Waals surface area contributed by atoms with Crippen LogP contribution in [0.4, 0.5) is 0 Å². The van der Waals surface area contributed by atoms with Crippen LogP contribution in [-0.4, -0.2) is 37.1 Å². The van der Waals surface area contributed by atoms with Gasteiger partial charge < -0.3 is 5.32 Å². The Bertz CT molecular complexity index is 501. The van der Waals surface area contributed by atoms with E-state index < -0.39 is 10.0 Å². The molecule has 0 aromatic carbocycles. The minimum absolute atomic E-state index is 0.0668. The van der Waals surface area contributed by atoms with Crippen LogP contribution >= 0.6 is 11.3 Å². The van der Waals surface area contributed by atoms with Gasteiger partial charge in [-0.15, -0.1) is 0 Å². The number of thiophene rings is 1. The van der Waals surface area contributed by atoms with Crippen molar-refractivity contribution in [1.29, 1.82) is 0 Å². The van der Waals surface area contributed by atoms with Crippen molar-refractivity contribution < 1.29 is 8.42 Å². The second-order valence-corrected chi connectivity index (χ2v) is 8.42. The topological polar surface area (TPSA) is 49.4 Å². The van der Waals surface area contributed by atoms with Crippen LogP contribution in [0.15, 0.2) is 16.8 Å². The molecule has 0 radical (unpaired) electrons. The molecule has 0 bridgehead atoms. The van der Waals surface area contributed by atoms with Gasteiger partial charge >= 0.3 is 0 Å². The summed E-state index contributed by atoms with van der Waals surface area (Å²) >= 11 is 1.71. The largest absolute Gasteiger partial charge is 0.310 e. The predicted molar refractivity (Wildman–Crippen MR) is 77.7 cm³/mol. The molecule has 2 fully saturated rings. The van der Waals surface area contributed by atoms with Gasteiger partial charge in [0.15, 0.2) is 0 Å². The molecular formula is C13H20N2O2S2. The summed E-state index contributed by atoms with van der Waals surface area (Å²) in [6, 6.07) is 2.58. The maximum Gasteiger partial charge on any atom is 0.216 e. The molecule has 1 saturated carbocycles. The number of nitrogens with zero attached hydrogens (tertiary/aromatic N) is 1. The van der Waals surface area contributed by atoms with Gasteiger partial charge in [0.25, 0.3) is 0 Å². The third-order valence-corrected chi connectivity index (χ3v) is 7.07. The second-order valence-electron chi connectivity index (χ2n) is 5.43. The normalized spacial score (nSPS) is 22.7. The molecule has 4 nitrogen and oxygen atoms in total. The van der Waals surface area contributed by atoms with Crippen molar-refractivity contribution in [3.05, 3.63) is 22.4 Å². The number of nitrogens with one attached hydrogen (secondary N) is 1. The number of sulfonamides is 1. The van der Waals surface area contributed by atoms with Crippen molar-refractivity contribution >= 4 is 21.4 Å². The molecule has 106 valence electrons. The Balaban J connectivity index is 1.47. The molecule has 2 aliphatic rings. The van der Waals surface area contributed by atoms with Gasteiger partial charge in [0, 0.05) is 25.7 Å². The van der Waals surface area contributed by atoms with Gasteiger partial charge in [-0.25, -0.2) is 12.7 Å². The Kier molecular flexibility index (Phi) is 3.93. The lowest BCUT2D eigenvalue weighted by molar-refractivity contribution is 0.288. The highest BCUT2D eigenvalue weighted by atomic mass is 32.2. The first-order valence-corrected chi connectivity index (χ1v) is 9.34. The summed E-state index contributed by atoms with van der Waals surface area (Å²) in [7, 11) is -2.96. The summed E-state index contributed by atoms with van der Waals surface area (Å²) in [5, 5.41) is 7.70. The van der Waals surface area contributed by atoms with Gasteiger partial charge in [-0.1, -0.05) is 0 Å². The summed E-state index contributed by atoms with van der Waals surface area (Å²) in [5.74, 6) is 0. The SMILES string of the molecule is O=S(=O)(C1CC1)N1CCC(NCc2ccsc2)CC1. The van der Waals surface area contributed by atoms with Crippen LogP contribution in [-0.2, 0) is 16.6 Å². The van der Waals surface area contributed by atoms with E-state index in [1.807, 2.05) is 0 Å². The predicted octanol–water partition coefficient (Wildman–Crippen LogP) is 1.79. The first-order chi connectivity index (χ1) is 9.16. The van der Waals surface area contributed by atoms with E-state index in [1.165, 1.54) is 5.56 Å². The molecule has 0 spiro atoms. The molecule has 1 aliphatic heterocycles. The standard InChI is InChI=1S/C13H20N2O2S2/c16-19(17,13-1-2-13)15-6-3-12(4-7-15)14-9-11-5-8-18-10-11/h5,8,10,12-14H,1-4,6-7,9H2. The second kappa shape index (κ2) is 5.52. The molecule has 0 amide bonds. The van der Waals surface area contributed by atoms with Crippen molar-refractivity contribution in [1.82, 2.24) is 9.62 Å². The van der Waals surface area contributed by atoms with Gasteiger partial charge in [0.05, 0.1) is 5.25 Å². The minimum atomic E-state index is -2.96. The van der Waals surface area contributed by atoms with Gasteiger partial charge in [-0.05, 0) is 48.1 Å². The molecule has 1 aliphatic carbocycles. The lowest BCUT2D eigenvalue weighted by atomic mass is 10.1. The van der Waals surface area contributed by atoms with Crippen molar-refractivity contribution in [2.24, 2.45) is 0 Å². The highest BCUT2D eigenvalue weighted by Gasteiger charge is 2.41. The molecule has 0 atom stereocenters. The number of piperidine rings is 1. The van der Waals surface area contributed by atoms with E-state index in [9.17, 15) is 8.42 Å². The lowest BCUT2D eigenvalue weighted by Crippen LogP contribution is -2.45. The molecule has 1 N–H and O–H groups in total. The van der Waals surface area contributed by atoms with Crippen molar-refractivity contribution in [3.63, 3.8) is 0 Å². The van der Waals surface area contributed by atoms with Gasteiger partial charge in [-0.3, -0.25) is 0 Å². The number of hydrogen-bond acceptors (Lipinski definition) is 4. The van der Waals surface area contributed by atoms with Crippen LogP contribution < -0.4 is 5.32 Å². The number of hydrogen-bond donors (Lipinski definition) is 1. The highest BCUT2D eigenvalue weighted by molar-refractivity contribution is 7.90. The van der Waals surface area contributed by atoms with Crippen LogP contribution in [0, 0.1) is 0 Å². The average Bonchev–Trinajstić information content (AvgIpc) is 3.16. The van der Waals surface area contributed by atoms with Gasteiger partial charge in [0.2, 0.25) is 10.0 Å².